The molecule has 0 fully saturated rings. The molecule has 2 heterocycles. The predicted molar refractivity (Wildman–Crippen MR) is 243 cm³/mol. The summed E-state index contributed by atoms with van der Waals surface area (Å²) in [5.74, 6) is -2.51. The number of para-hydroxylation sites is 4. The van der Waals surface area contributed by atoms with Gasteiger partial charge >= 0.3 is 0 Å². The van der Waals surface area contributed by atoms with Gasteiger partial charge in [-0.2, -0.15) is 0 Å². The number of nitrogens with zero attached hydrogens (tertiary/aromatic N) is 4. The number of hydrogen-bond donors (Lipinski definition) is 0. The van der Waals surface area contributed by atoms with Crippen molar-refractivity contribution >= 4 is 79.0 Å². The van der Waals surface area contributed by atoms with E-state index in [4.69, 9.17) is 0 Å². The highest BCUT2D eigenvalue weighted by Gasteiger charge is 2.40. The van der Waals surface area contributed by atoms with E-state index in [9.17, 15) is 27.6 Å². The third kappa shape index (κ3) is 6.73. The number of benzene rings is 8. The smallest absolute Gasteiger partial charge is 0.266 e. The lowest BCUT2D eigenvalue weighted by atomic mass is 10.1. The predicted octanol–water partition coefficient (Wildman–Crippen LogP) is 11.1. The van der Waals surface area contributed by atoms with Crippen molar-refractivity contribution < 1.29 is 27.6 Å². The monoisotopic (exact) mass is 842 g/mol. The van der Waals surface area contributed by atoms with Crippen LogP contribution in [0.25, 0.3) is 0 Å². The van der Waals surface area contributed by atoms with Crippen LogP contribution in [0.5, 0.6) is 0 Å². The van der Waals surface area contributed by atoms with E-state index in [1.807, 2.05) is 155 Å². The Morgan fingerprint density at radius 3 is 0.873 bits per heavy atom. The zero-order valence-corrected chi connectivity index (χ0v) is 34.1. The number of amides is 4. The van der Waals surface area contributed by atoms with Crippen molar-refractivity contribution in [3.8, 4) is 0 Å². The average molecular weight is 843 g/mol. The maximum atomic E-state index is 14.2. The number of imide groups is 2. The van der Waals surface area contributed by atoms with Crippen LogP contribution in [0.1, 0.15) is 41.4 Å². The molecule has 2 aliphatic heterocycles. The molecule has 0 unspecified atom stereocenters. The molecule has 0 bridgehead atoms. The van der Waals surface area contributed by atoms with Crippen LogP contribution in [-0.4, -0.2) is 32.0 Å². The molecule has 0 aromatic heterocycles. The summed E-state index contributed by atoms with van der Waals surface area (Å²) >= 11 is 0. The van der Waals surface area contributed by atoms with Gasteiger partial charge in [0, 0.05) is 34.1 Å². The summed E-state index contributed by atoms with van der Waals surface area (Å²) in [6.07, 6.45) is 0. The zero-order chi connectivity index (χ0) is 43.2. The van der Waals surface area contributed by atoms with Crippen molar-refractivity contribution in [2.75, 3.05) is 19.6 Å². The molecule has 304 valence electrons. The maximum Gasteiger partial charge on any atom is 0.266 e. The molecule has 10 nitrogen and oxygen atoms in total. The SMILES string of the molecule is O=C1c2ccc(S(=O)(=O)c3ccc4c(c3)C(=O)N(c3ccc(N(c5ccccc5)c5ccccc5)cc3)C4=O)cc2C(=O)N1c1ccc(N(c2ccccc2)c2ccccc2)cc1. The Kier molecular flexibility index (Phi) is 9.58. The minimum atomic E-state index is -4.34. The van der Waals surface area contributed by atoms with E-state index in [0.717, 1.165) is 43.9 Å². The van der Waals surface area contributed by atoms with E-state index in [2.05, 4.69) is 0 Å². The minimum Gasteiger partial charge on any atom is -0.311 e. The van der Waals surface area contributed by atoms with Gasteiger partial charge in [0.2, 0.25) is 9.84 Å². The molecule has 0 saturated heterocycles. The molecule has 11 heteroatoms. The molecule has 0 N–H and O–H groups in total. The van der Waals surface area contributed by atoms with Crippen molar-refractivity contribution in [3.05, 3.63) is 229 Å². The molecule has 0 atom stereocenters. The minimum absolute atomic E-state index is 0.0604. The molecule has 8 aromatic rings. The van der Waals surface area contributed by atoms with Gasteiger partial charge in [0.1, 0.15) is 0 Å². The standard InChI is InChI=1S/C52H34N4O6S/c57-49-45-31-29-43(33-47(45)51(59)55(49)41-25-21-39(22-26-41)53(35-13-5-1-6-14-35)36-15-7-2-8-16-36)63(61,62)44-30-32-46-48(34-44)52(60)56(50(46)58)42-27-23-40(24-28-42)54(37-17-9-3-10-18-37)38-19-11-4-12-20-38/h1-34H. The first kappa shape index (κ1) is 38.8. The molecule has 10 rings (SSSR count). The van der Waals surface area contributed by atoms with Crippen LogP contribution in [0, 0.1) is 0 Å². The van der Waals surface area contributed by atoms with E-state index in [1.165, 1.54) is 36.4 Å². The average Bonchev–Trinajstić information content (AvgIpc) is 3.73. The fourth-order valence-corrected chi connectivity index (χ4v) is 9.40. The number of rotatable bonds is 10. The molecule has 0 radical (unpaired) electrons. The number of anilines is 8. The Morgan fingerprint density at radius 1 is 0.302 bits per heavy atom. The second-order valence-electron chi connectivity index (χ2n) is 14.9. The van der Waals surface area contributed by atoms with Gasteiger partial charge in [-0.1, -0.05) is 72.8 Å². The second-order valence-corrected chi connectivity index (χ2v) is 16.8. The summed E-state index contributed by atoms with van der Waals surface area (Å²) in [5, 5.41) is 0. The highest BCUT2D eigenvalue weighted by Crippen LogP contribution is 2.39. The van der Waals surface area contributed by atoms with E-state index >= 15 is 0 Å². The number of fused-ring (bicyclic) bond motifs is 2. The van der Waals surface area contributed by atoms with Crippen molar-refractivity contribution in [1.29, 1.82) is 0 Å². The van der Waals surface area contributed by atoms with Crippen LogP contribution < -0.4 is 19.6 Å². The first-order valence-electron chi connectivity index (χ1n) is 20.0. The Balaban J connectivity index is 0.899. The van der Waals surface area contributed by atoms with Crippen molar-refractivity contribution in [2.45, 2.75) is 9.79 Å². The van der Waals surface area contributed by atoms with Crippen molar-refractivity contribution in [3.63, 3.8) is 0 Å². The lowest BCUT2D eigenvalue weighted by Gasteiger charge is -2.26. The molecule has 8 aromatic carbocycles. The Bertz CT molecular complexity index is 2910. The van der Waals surface area contributed by atoms with Crippen molar-refractivity contribution in [2.24, 2.45) is 0 Å². The summed E-state index contributed by atoms with van der Waals surface area (Å²) in [4.78, 5) is 60.9. The summed E-state index contributed by atoms with van der Waals surface area (Å²) in [6, 6.07) is 60.7. The zero-order valence-electron chi connectivity index (χ0n) is 33.3. The van der Waals surface area contributed by atoms with Gasteiger partial charge in [0.25, 0.3) is 23.6 Å². The third-order valence-corrected chi connectivity index (χ3v) is 12.9. The van der Waals surface area contributed by atoms with Gasteiger partial charge in [-0.25, -0.2) is 18.2 Å². The van der Waals surface area contributed by atoms with Crippen LogP contribution >= 0.6 is 0 Å². The quantitative estimate of drug-likeness (QED) is 0.125. The summed E-state index contributed by atoms with van der Waals surface area (Å²) < 4.78 is 28.3. The van der Waals surface area contributed by atoms with Gasteiger partial charge in [0.15, 0.2) is 0 Å². The number of sulfone groups is 1. The lowest BCUT2D eigenvalue weighted by Crippen LogP contribution is -2.29. The maximum absolute atomic E-state index is 14.2. The summed E-state index contributed by atoms with van der Waals surface area (Å²) in [7, 11) is -4.34. The largest absolute Gasteiger partial charge is 0.311 e. The van der Waals surface area contributed by atoms with Crippen LogP contribution in [0.3, 0.4) is 0 Å². The fourth-order valence-electron chi connectivity index (χ4n) is 8.08. The fraction of sp³-hybridized carbons (Fsp3) is 0. The number of hydrogen-bond acceptors (Lipinski definition) is 8. The van der Waals surface area contributed by atoms with Crippen LogP contribution in [0.2, 0.25) is 0 Å². The van der Waals surface area contributed by atoms with Gasteiger partial charge in [-0.05, 0) is 133 Å². The molecule has 0 saturated carbocycles. The van der Waals surface area contributed by atoms with E-state index in [0.29, 0.717) is 11.4 Å². The van der Waals surface area contributed by atoms with Gasteiger partial charge in [0.05, 0.1) is 43.4 Å². The first-order chi connectivity index (χ1) is 30.7. The number of carbonyl (C=O) groups is 4. The molecule has 63 heavy (non-hydrogen) atoms. The third-order valence-electron chi connectivity index (χ3n) is 11.1. The Hall–Kier alpha value is -8.41. The molecule has 4 amide bonds. The Labute approximate surface area is 363 Å². The first-order valence-corrected chi connectivity index (χ1v) is 21.5. The summed E-state index contributed by atoms with van der Waals surface area (Å²) in [5.41, 5.74) is 5.90. The van der Waals surface area contributed by atoms with Crippen LogP contribution in [0.15, 0.2) is 216 Å². The highest BCUT2D eigenvalue weighted by molar-refractivity contribution is 7.91. The molecular weight excluding hydrogens is 809 g/mol. The van der Waals surface area contributed by atoms with Gasteiger partial charge in [-0.15, -0.1) is 0 Å². The Morgan fingerprint density at radius 2 is 0.571 bits per heavy atom. The van der Waals surface area contributed by atoms with Gasteiger partial charge < -0.3 is 9.80 Å². The van der Waals surface area contributed by atoms with E-state index in [-0.39, 0.29) is 32.0 Å². The van der Waals surface area contributed by atoms with Crippen LogP contribution in [0.4, 0.5) is 45.5 Å². The molecule has 0 aliphatic carbocycles. The second kappa shape index (κ2) is 15.6. The van der Waals surface area contributed by atoms with Crippen LogP contribution in [-0.2, 0) is 9.84 Å². The molecule has 0 spiro atoms. The topological polar surface area (TPSA) is 115 Å². The van der Waals surface area contributed by atoms with Crippen molar-refractivity contribution in [1.82, 2.24) is 0 Å². The highest BCUT2D eigenvalue weighted by atomic mass is 32.2. The number of carbonyl (C=O) groups excluding carboxylic acids is 4. The molecular formula is C52H34N4O6S. The van der Waals surface area contributed by atoms with Gasteiger partial charge in [-0.3, -0.25) is 19.2 Å². The summed E-state index contributed by atoms with van der Waals surface area (Å²) in [6.45, 7) is 0. The normalized spacial score (nSPS) is 13.3. The van der Waals surface area contributed by atoms with E-state index in [1.54, 1.807) is 24.3 Å². The molecule has 2 aliphatic rings. The lowest BCUT2D eigenvalue weighted by molar-refractivity contribution is 0.0910. The van der Waals surface area contributed by atoms with E-state index < -0.39 is 33.5 Å².